The predicted molar refractivity (Wildman–Crippen MR) is 83.8 cm³/mol. The van der Waals surface area contributed by atoms with Crippen LogP contribution >= 0.6 is 0 Å². The molecule has 1 aromatic heterocycles. The first kappa shape index (κ1) is 17.5. The minimum atomic E-state index is -4.52. The van der Waals surface area contributed by atoms with Crippen LogP contribution in [0.25, 0.3) is 0 Å². The molecule has 8 heteroatoms. The van der Waals surface area contributed by atoms with Crippen LogP contribution in [0.4, 0.5) is 13.2 Å². The van der Waals surface area contributed by atoms with Crippen molar-refractivity contribution < 1.29 is 23.1 Å². The number of halogens is 3. The number of aromatic nitrogens is 2. The Labute approximate surface area is 142 Å². The maximum absolute atomic E-state index is 13.3. The van der Waals surface area contributed by atoms with Crippen LogP contribution in [0.1, 0.15) is 39.6 Å². The third-order valence-electron chi connectivity index (χ3n) is 4.41. The summed E-state index contributed by atoms with van der Waals surface area (Å²) in [7, 11) is 1.67. The number of alkyl halides is 3. The molecule has 25 heavy (non-hydrogen) atoms. The number of aliphatic hydroxyl groups is 1. The van der Waals surface area contributed by atoms with Gasteiger partial charge in [0.25, 0.3) is 5.91 Å². The van der Waals surface area contributed by atoms with Crippen LogP contribution in [-0.2, 0) is 13.2 Å². The molecule has 1 aromatic carbocycles. The highest BCUT2D eigenvalue weighted by Crippen LogP contribution is 2.41. The molecule has 1 N–H and O–H groups in total. The number of nitrogens with zero attached hydrogens (tertiary/aromatic N) is 3. The van der Waals surface area contributed by atoms with Gasteiger partial charge in [0.15, 0.2) is 0 Å². The van der Waals surface area contributed by atoms with Gasteiger partial charge in [-0.2, -0.15) is 18.3 Å². The summed E-state index contributed by atoms with van der Waals surface area (Å²) in [5.41, 5.74) is 0.0408. The van der Waals surface area contributed by atoms with Gasteiger partial charge in [0, 0.05) is 19.8 Å². The zero-order valence-electron chi connectivity index (χ0n) is 13.8. The van der Waals surface area contributed by atoms with Crippen LogP contribution in [-0.4, -0.2) is 38.3 Å². The zero-order valence-corrected chi connectivity index (χ0v) is 13.8. The number of hydrogen-bond donors (Lipinski definition) is 1. The van der Waals surface area contributed by atoms with Crippen molar-refractivity contribution >= 4 is 5.91 Å². The SMILES string of the molecule is Cc1nn(C)cc1C(=O)N1C[C@H](O)C[C@H]1c1ccccc1C(F)(F)F. The molecule has 1 aliphatic heterocycles. The monoisotopic (exact) mass is 353 g/mol. The fourth-order valence-corrected chi connectivity index (χ4v) is 3.34. The van der Waals surface area contributed by atoms with Crippen molar-refractivity contribution in [3.05, 3.63) is 52.8 Å². The van der Waals surface area contributed by atoms with E-state index in [1.807, 2.05) is 0 Å². The summed E-state index contributed by atoms with van der Waals surface area (Å²) in [4.78, 5) is 14.2. The first-order valence-corrected chi connectivity index (χ1v) is 7.84. The number of aliphatic hydroxyl groups excluding tert-OH is 1. The van der Waals surface area contributed by atoms with Crippen LogP contribution in [0.15, 0.2) is 30.5 Å². The Morgan fingerprint density at radius 1 is 1.32 bits per heavy atom. The van der Waals surface area contributed by atoms with Gasteiger partial charge in [-0.25, -0.2) is 0 Å². The maximum atomic E-state index is 13.3. The summed E-state index contributed by atoms with van der Waals surface area (Å²) in [6.45, 7) is 1.66. The molecule has 3 rings (SSSR count). The van der Waals surface area contributed by atoms with Gasteiger partial charge in [-0.1, -0.05) is 18.2 Å². The summed E-state index contributed by atoms with van der Waals surface area (Å²) in [5.74, 6) is -0.427. The van der Waals surface area contributed by atoms with Gasteiger partial charge in [-0.05, 0) is 25.0 Å². The lowest BCUT2D eigenvalue weighted by molar-refractivity contribution is -0.138. The second kappa shape index (κ2) is 6.18. The fraction of sp³-hybridized carbons (Fsp3) is 0.412. The third-order valence-corrected chi connectivity index (χ3v) is 4.41. The van der Waals surface area contributed by atoms with Crippen molar-refractivity contribution in [2.45, 2.75) is 31.7 Å². The molecular weight excluding hydrogens is 335 g/mol. The molecule has 5 nitrogen and oxygen atoms in total. The fourth-order valence-electron chi connectivity index (χ4n) is 3.34. The van der Waals surface area contributed by atoms with Gasteiger partial charge < -0.3 is 10.0 Å². The van der Waals surface area contributed by atoms with E-state index in [-0.39, 0.29) is 18.5 Å². The Bertz CT molecular complexity index is 801. The highest BCUT2D eigenvalue weighted by atomic mass is 19.4. The molecule has 0 unspecified atom stereocenters. The van der Waals surface area contributed by atoms with Crippen LogP contribution < -0.4 is 0 Å². The van der Waals surface area contributed by atoms with Crippen molar-refractivity contribution in [2.75, 3.05) is 6.54 Å². The highest BCUT2D eigenvalue weighted by Gasteiger charge is 2.42. The van der Waals surface area contributed by atoms with Crippen molar-refractivity contribution in [1.29, 1.82) is 0 Å². The molecule has 1 saturated heterocycles. The number of rotatable bonds is 2. The number of carbonyl (C=O) groups excluding carboxylic acids is 1. The quantitative estimate of drug-likeness (QED) is 0.903. The van der Waals surface area contributed by atoms with E-state index in [1.54, 1.807) is 14.0 Å². The topological polar surface area (TPSA) is 58.4 Å². The molecule has 2 atom stereocenters. The Morgan fingerprint density at radius 2 is 2.00 bits per heavy atom. The lowest BCUT2D eigenvalue weighted by atomic mass is 9.97. The summed E-state index contributed by atoms with van der Waals surface area (Å²) in [5, 5.41) is 14.1. The minimum absolute atomic E-state index is 0.00134. The van der Waals surface area contributed by atoms with E-state index in [4.69, 9.17) is 0 Å². The largest absolute Gasteiger partial charge is 0.416 e. The first-order valence-electron chi connectivity index (χ1n) is 7.84. The summed E-state index contributed by atoms with van der Waals surface area (Å²) in [6, 6.07) is 4.35. The molecule has 1 fully saturated rings. The van der Waals surface area contributed by atoms with E-state index in [0.717, 1.165) is 6.07 Å². The van der Waals surface area contributed by atoms with Crippen molar-refractivity contribution in [1.82, 2.24) is 14.7 Å². The standard InChI is InChI=1S/C17H18F3N3O2/c1-10-13(9-22(2)21-10)16(25)23-8-11(24)7-15(23)12-5-3-4-6-14(12)17(18,19)20/h3-6,9,11,15,24H,7-8H2,1-2H3/t11-,15+/m1/s1. The number of β-amino-alcohol motifs (C(OH)–C–C–N with tert-alkyl or cyclic N) is 1. The summed E-state index contributed by atoms with van der Waals surface area (Å²) >= 11 is 0. The Morgan fingerprint density at radius 3 is 2.60 bits per heavy atom. The normalized spacial score (nSPS) is 21.0. The summed E-state index contributed by atoms with van der Waals surface area (Å²) in [6.07, 6.45) is -3.79. The molecule has 0 bridgehead atoms. The van der Waals surface area contributed by atoms with E-state index in [1.165, 1.54) is 34.0 Å². The number of likely N-dealkylation sites (tertiary alicyclic amines) is 1. The number of hydrogen-bond acceptors (Lipinski definition) is 3. The van der Waals surface area contributed by atoms with Gasteiger partial charge in [-0.3, -0.25) is 9.48 Å². The number of carbonyl (C=O) groups is 1. The highest BCUT2D eigenvalue weighted by molar-refractivity contribution is 5.95. The van der Waals surface area contributed by atoms with E-state index in [9.17, 15) is 23.1 Å². The van der Waals surface area contributed by atoms with E-state index in [0.29, 0.717) is 11.3 Å². The van der Waals surface area contributed by atoms with E-state index >= 15 is 0 Å². The number of amides is 1. The molecule has 0 aliphatic carbocycles. The molecule has 1 amide bonds. The second-order valence-electron chi connectivity index (χ2n) is 6.25. The maximum Gasteiger partial charge on any atom is 0.416 e. The average molecular weight is 353 g/mol. The van der Waals surface area contributed by atoms with Crippen LogP contribution in [0.3, 0.4) is 0 Å². The lowest BCUT2D eigenvalue weighted by Crippen LogP contribution is -2.32. The Hall–Kier alpha value is -2.35. The molecular formula is C17H18F3N3O2. The third kappa shape index (κ3) is 3.26. The van der Waals surface area contributed by atoms with Gasteiger partial charge in [-0.15, -0.1) is 0 Å². The summed E-state index contributed by atoms with van der Waals surface area (Å²) < 4.78 is 41.5. The van der Waals surface area contributed by atoms with E-state index in [2.05, 4.69) is 5.10 Å². The van der Waals surface area contributed by atoms with Gasteiger partial charge in [0.1, 0.15) is 0 Å². The molecule has 2 heterocycles. The smallest absolute Gasteiger partial charge is 0.391 e. The van der Waals surface area contributed by atoms with E-state index < -0.39 is 29.8 Å². The average Bonchev–Trinajstić information content (AvgIpc) is 3.08. The minimum Gasteiger partial charge on any atom is -0.391 e. The molecule has 2 aromatic rings. The van der Waals surface area contributed by atoms with Gasteiger partial charge >= 0.3 is 6.18 Å². The molecule has 0 saturated carbocycles. The predicted octanol–water partition coefficient (Wildman–Crippen LogP) is 2.70. The number of benzene rings is 1. The molecule has 134 valence electrons. The van der Waals surface area contributed by atoms with Crippen molar-refractivity contribution in [3.8, 4) is 0 Å². The number of aryl methyl sites for hydroxylation is 2. The van der Waals surface area contributed by atoms with Gasteiger partial charge in [0.2, 0.25) is 0 Å². The zero-order chi connectivity index (χ0) is 18.4. The van der Waals surface area contributed by atoms with Crippen molar-refractivity contribution in [3.63, 3.8) is 0 Å². The molecule has 0 spiro atoms. The van der Waals surface area contributed by atoms with Gasteiger partial charge in [0.05, 0.1) is 29.0 Å². The Balaban J connectivity index is 2.01. The van der Waals surface area contributed by atoms with Crippen molar-refractivity contribution in [2.24, 2.45) is 7.05 Å². The van der Waals surface area contributed by atoms with Crippen LogP contribution in [0.5, 0.6) is 0 Å². The van der Waals surface area contributed by atoms with Crippen LogP contribution in [0.2, 0.25) is 0 Å². The Kier molecular flexibility index (Phi) is 4.32. The van der Waals surface area contributed by atoms with Crippen LogP contribution in [0, 0.1) is 6.92 Å². The molecule has 1 aliphatic rings. The first-order chi connectivity index (χ1) is 11.7. The second-order valence-corrected chi connectivity index (χ2v) is 6.25. The lowest BCUT2D eigenvalue weighted by Gasteiger charge is -2.27. The molecule has 0 radical (unpaired) electrons.